The summed E-state index contributed by atoms with van der Waals surface area (Å²) in [6, 6.07) is 10.2. The highest BCUT2D eigenvalue weighted by atomic mass is 19.1. The molecule has 148 valence electrons. The molecule has 3 heterocycles. The van der Waals surface area contributed by atoms with Gasteiger partial charge in [0.05, 0.1) is 11.9 Å². The Morgan fingerprint density at radius 3 is 2.72 bits per heavy atom. The van der Waals surface area contributed by atoms with Crippen LogP contribution in [0.1, 0.15) is 39.9 Å². The summed E-state index contributed by atoms with van der Waals surface area (Å²) >= 11 is 0. The Morgan fingerprint density at radius 2 is 1.97 bits per heavy atom. The third kappa shape index (κ3) is 4.39. The van der Waals surface area contributed by atoms with E-state index in [1.54, 1.807) is 17.2 Å². The number of nitrogens with zero attached hydrogens (tertiary/aromatic N) is 4. The zero-order valence-electron chi connectivity index (χ0n) is 16.4. The van der Waals surface area contributed by atoms with Crippen LogP contribution in [-0.4, -0.2) is 38.8 Å². The molecule has 0 saturated carbocycles. The van der Waals surface area contributed by atoms with Crippen molar-refractivity contribution in [3.63, 3.8) is 0 Å². The largest absolute Gasteiger partial charge is 0.355 e. The molecular weight excluding hydrogens is 369 g/mol. The molecule has 0 radical (unpaired) electrons. The molecule has 1 aromatic carbocycles. The number of benzene rings is 1. The fourth-order valence-electron chi connectivity index (χ4n) is 3.56. The zero-order valence-corrected chi connectivity index (χ0v) is 16.4. The number of amides is 1. The number of rotatable bonds is 4. The number of pyridine rings is 1. The number of likely N-dealkylation sites (tertiary alicyclic amines) is 1. The topological polar surface area (TPSA) is 71.0 Å². The molecule has 1 aliphatic rings. The van der Waals surface area contributed by atoms with E-state index in [1.165, 1.54) is 18.3 Å². The third-order valence-corrected chi connectivity index (χ3v) is 4.98. The lowest BCUT2D eigenvalue weighted by Gasteiger charge is -2.17. The number of hydrogen-bond acceptors (Lipinski definition) is 5. The van der Waals surface area contributed by atoms with Gasteiger partial charge in [-0.15, -0.1) is 0 Å². The summed E-state index contributed by atoms with van der Waals surface area (Å²) in [5.41, 5.74) is 4.48. The normalized spacial score (nSPS) is 16.1. The lowest BCUT2D eigenvalue weighted by Crippen LogP contribution is -2.29. The lowest BCUT2D eigenvalue weighted by molar-refractivity contribution is 0.0784. The molecule has 1 fully saturated rings. The van der Waals surface area contributed by atoms with Crippen LogP contribution in [0.4, 0.5) is 15.8 Å². The van der Waals surface area contributed by atoms with E-state index in [1.807, 2.05) is 32.0 Å². The Bertz CT molecular complexity index is 1040. The van der Waals surface area contributed by atoms with Gasteiger partial charge >= 0.3 is 0 Å². The van der Waals surface area contributed by atoms with Crippen molar-refractivity contribution in [2.75, 3.05) is 18.4 Å². The number of nitrogens with one attached hydrogen (secondary N) is 1. The van der Waals surface area contributed by atoms with E-state index in [4.69, 9.17) is 0 Å². The maximum atomic E-state index is 13.5. The van der Waals surface area contributed by atoms with E-state index in [0.717, 1.165) is 29.2 Å². The first-order valence-corrected chi connectivity index (χ1v) is 9.57. The van der Waals surface area contributed by atoms with Gasteiger partial charge < -0.3 is 10.2 Å². The van der Waals surface area contributed by atoms with Crippen LogP contribution in [0.3, 0.4) is 0 Å². The van der Waals surface area contributed by atoms with Gasteiger partial charge in [-0.3, -0.25) is 14.8 Å². The fourth-order valence-corrected chi connectivity index (χ4v) is 3.56. The SMILES string of the molecule is Cc1cnc(C(=O)N2CC[C@@H](c3cc(Nc4cccc(F)c4)cc(C)n3)C2)cn1. The molecule has 3 aromatic rings. The monoisotopic (exact) mass is 391 g/mol. The van der Waals surface area contributed by atoms with Crippen molar-refractivity contribution in [1.29, 1.82) is 0 Å². The molecule has 1 atom stereocenters. The summed E-state index contributed by atoms with van der Waals surface area (Å²) in [6.45, 7) is 5.01. The first-order chi connectivity index (χ1) is 14.0. The van der Waals surface area contributed by atoms with Crippen molar-refractivity contribution in [3.8, 4) is 0 Å². The number of halogens is 1. The molecule has 2 aromatic heterocycles. The standard InChI is InChI=1S/C22H22FN5O/c1-14-8-19(27-18-5-3-4-17(23)9-18)10-20(26-14)16-6-7-28(13-16)22(29)21-12-24-15(2)11-25-21/h3-5,8-12,16H,6-7,13H2,1-2H3,(H,26,27)/t16-/m1/s1. The van der Waals surface area contributed by atoms with E-state index >= 15 is 0 Å². The minimum Gasteiger partial charge on any atom is -0.355 e. The molecule has 1 N–H and O–H groups in total. The van der Waals surface area contributed by atoms with Gasteiger partial charge in [-0.25, -0.2) is 9.37 Å². The number of aromatic nitrogens is 3. The second kappa shape index (κ2) is 7.95. The molecule has 6 nitrogen and oxygen atoms in total. The summed E-state index contributed by atoms with van der Waals surface area (Å²) < 4.78 is 13.5. The molecule has 1 aliphatic heterocycles. The highest BCUT2D eigenvalue weighted by Gasteiger charge is 2.29. The van der Waals surface area contributed by atoms with E-state index in [9.17, 15) is 9.18 Å². The Balaban J connectivity index is 1.49. The maximum Gasteiger partial charge on any atom is 0.274 e. The van der Waals surface area contributed by atoms with Crippen molar-refractivity contribution in [3.05, 3.63) is 77.4 Å². The van der Waals surface area contributed by atoms with E-state index < -0.39 is 0 Å². The van der Waals surface area contributed by atoms with Crippen molar-refractivity contribution >= 4 is 17.3 Å². The van der Waals surface area contributed by atoms with Gasteiger partial charge in [0.15, 0.2) is 0 Å². The molecular formula is C22H22FN5O. The van der Waals surface area contributed by atoms with E-state index in [0.29, 0.717) is 24.5 Å². The molecule has 7 heteroatoms. The summed E-state index contributed by atoms with van der Waals surface area (Å²) in [5, 5.41) is 3.24. The number of anilines is 2. The Morgan fingerprint density at radius 1 is 1.10 bits per heavy atom. The molecule has 1 amide bonds. The van der Waals surface area contributed by atoms with Crippen LogP contribution in [0.25, 0.3) is 0 Å². The molecule has 0 aliphatic carbocycles. The fraction of sp³-hybridized carbons (Fsp3) is 0.273. The average molecular weight is 391 g/mol. The van der Waals surface area contributed by atoms with Crippen LogP contribution in [-0.2, 0) is 0 Å². The van der Waals surface area contributed by atoms with E-state index in [-0.39, 0.29) is 17.6 Å². The van der Waals surface area contributed by atoms with Crippen LogP contribution in [0.5, 0.6) is 0 Å². The van der Waals surface area contributed by atoms with Gasteiger partial charge in [0.1, 0.15) is 11.5 Å². The second-order valence-corrected chi connectivity index (χ2v) is 7.34. The van der Waals surface area contributed by atoms with Crippen molar-refractivity contribution in [1.82, 2.24) is 19.9 Å². The average Bonchev–Trinajstić information content (AvgIpc) is 3.18. The number of carbonyl (C=O) groups is 1. The number of hydrogen-bond donors (Lipinski definition) is 1. The summed E-state index contributed by atoms with van der Waals surface area (Å²) in [5.74, 6) is -0.249. The smallest absolute Gasteiger partial charge is 0.274 e. The number of carbonyl (C=O) groups excluding carboxylic acids is 1. The van der Waals surface area contributed by atoms with Gasteiger partial charge in [0.2, 0.25) is 0 Å². The predicted molar refractivity (Wildman–Crippen MR) is 109 cm³/mol. The zero-order chi connectivity index (χ0) is 20.4. The Hall–Kier alpha value is -3.35. The lowest BCUT2D eigenvalue weighted by atomic mass is 10.0. The maximum absolute atomic E-state index is 13.5. The molecule has 1 saturated heterocycles. The molecule has 4 rings (SSSR count). The van der Waals surface area contributed by atoms with Gasteiger partial charge in [-0.2, -0.15) is 0 Å². The quantitative estimate of drug-likeness (QED) is 0.728. The Kier molecular flexibility index (Phi) is 5.20. The minimum absolute atomic E-state index is 0.106. The highest BCUT2D eigenvalue weighted by molar-refractivity contribution is 5.92. The van der Waals surface area contributed by atoms with Crippen LogP contribution in [0.2, 0.25) is 0 Å². The van der Waals surface area contributed by atoms with Crippen LogP contribution >= 0.6 is 0 Å². The van der Waals surface area contributed by atoms with Gasteiger partial charge in [-0.1, -0.05) is 6.07 Å². The van der Waals surface area contributed by atoms with Gasteiger partial charge in [0.25, 0.3) is 5.91 Å². The molecule has 29 heavy (non-hydrogen) atoms. The van der Waals surface area contributed by atoms with Crippen LogP contribution in [0.15, 0.2) is 48.8 Å². The summed E-state index contributed by atoms with van der Waals surface area (Å²) in [7, 11) is 0. The summed E-state index contributed by atoms with van der Waals surface area (Å²) in [4.78, 5) is 27.5. The summed E-state index contributed by atoms with van der Waals surface area (Å²) in [6.07, 6.45) is 3.96. The minimum atomic E-state index is -0.287. The number of aryl methyl sites for hydroxylation is 2. The highest BCUT2D eigenvalue weighted by Crippen LogP contribution is 2.29. The van der Waals surface area contributed by atoms with Crippen LogP contribution < -0.4 is 5.32 Å². The van der Waals surface area contributed by atoms with Crippen molar-refractivity contribution < 1.29 is 9.18 Å². The molecule has 0 spiro atoms. The van der Waals surface area contributed by atoms with Gasteiger partial charge in [0, 0.05) is 48.0 Å². The molecule has 0 bridgehead atoms. The van der Waals surface area contributed by atoms with E-state index in [2.05, 4.69) is 20.3 Å². The first-order valence-electron chi connectivity index (χ1n) is 9.57. The van der Waals surface area contributed by atoms with Crippen molar-refractivity contribution in [2.45, 2.75) is 26.2 Å². The Labute approximate surface area is 168 Å². The van der Waals surface area contributed by atoms with Crippen LogP contribution in [0, 0.1) is 19.7 Å². The van der Waals surface area contributed by atoms with Crippen molar-refractivity contribution in [2.24, 2.45) is 0 Å². The predicted octanol–water partition coefficient (Wildman–Crippen LogP) is 4.00. The first kappa shape index (κ1) is 19.0. The van der Waals surface area contributed by atoms with Gasteiger partial charge in [-0.05, 0) is 50.6 Å². The molecule has 0 unspecified atom stereocenters. The second-order valence-electron chi connectivity index (χ2n) is 7.34. The third-order valence-electron chi connectivity index (χ3n) is 4.98.